The average molecular weight is 462 g/mol. The molecule has 0 bridgehead atoms. The Morgan fingerprint density at radius 3 is 2.54 bits per heavy atom. The van der Waals surface area contributed by atoms with Crippen molar-refractivity contribution in [2.75, 3.05) is 12.8 Å². The van der Waals surface area contributed by atoms with Crippen LogP contribution in [0.1, 0.15) is 44.1 Å². The van der Waals surface area contributed by atoms with E-state index in [4.69, 9.17) is 10.5 Å². The molecule has 1 amide bonds. The summed E-state index contributed by atoms with van der Waals surface area (Å²) in [6.45, 7) is 0.772. The van der Waals surface area contributed by atoms with Crippen molar-refractivity contribution >= 4 is 17.3 Å². The summed E-state index contributed by atoms with van der Waals surface area (Å²) in [5, 5.41) is 7.94. The van der Waals surface area contributed by atoms with Gasteiger partial charge in [0.25, 0.3) is 0 Å². The maximum Gasteiger partial charge on any atom is 1.00 e. The zero-order valence-corrected chi connectivity index (χ0v) is 20.7. The van der Waals surface area contributed by atoms with Crippen LogP contribution in [-0.4, -0.2) is 18.6 Å². The van der Waals surface area contributed by atoms with Crippen LogP contribution in [0.5, 0.6) is 5.75 Å². The van der Waals surface area contributed by atoms with Crippen LogP contribution in [0.15, 0.2) is 72.3 Å². The van der Waals surface area contributed by atoms with E-state index in [1.165, 1.54) is 24.8 Å². The summed E-state index contributed by atoms with van der Waals surface area (Å²) < 4.78 is 5.26. The zero-order valence-electron chi connectivity index (χ0n) is 20.7. The van der Waals surface area contributed by atoms with Crippen LogP contribution in [0.25, 0.3) is 5.32 Å². The Kier molecular flexibility index (Phi) is 9.70. The molecule has 0 heterocycles. The van der Waals surface area contributed by atoms with Crippen LogP contribution in [-0.2, 0) is 11.3 Å². The Labute approximate surface area is 220 Å². The van der Waals surface area contributed by atoms with Gasteiger partial charge in [0, 0.05) is 23.7 Å². The molecule has 0 saturated heterocycles. The van der Waals surface area contributed by atoms with E-state index in [2.05, 4.69) is 34.6 Å². The molecule has 5 nitrogen and oxygen atoms in total. The van der Waals surface area contributed by atoms with Crippen LogP contribution in [0.3, 0.4) is 0 Å². The van der Waals surface area contributed by atoms with E-state index >= 15 is 0 Å². The maximum absolute atomic E-state index is 12.6. The molecule has 0 aromatic heterocycles. The number of benzene rings is 2. The van der Waals surface area contributed by atoms with Crippen molar-refractivity contribution in [1.82, 2.24) is 5.32 Å². The van der Waals surface area contributed by atoms with E-state index in [0.29, 0.717) is 17.8 Å². The fourth-order valence-corrected chi connectivity index (χ4v) is 4.39. The molecule has 0 spiro atoms. The van der Waals surface area contributed by atoms with Crippen LogP contribution in [0.4, 0.5) is 11.4 Å². The van der Waals surface area contributed by atoms with Gasteiger partial charge in [-0.3, -0.25) is 5.32 Å². The molecule has 1 fully saturated rings. The summed E-state index contributed by atoms with van der Waals surface area (Å²) in [5.74, 6) is 7.35. The number of allylic oxidation sites excluding steroid dienone is 3. The van der Waals surface area contributed by atoms with Crippen molar-refractivity contribution in [3.63, 3.8) is 0 Å². The van der Waals surface area contributed by atoms with Gasteiger partial charge in [-0.1, -0.05) is 79.7 Å². The second kappa shape index (κ2) is 12.7. The fourth-order valence-electron chi connectivity index (χ4n) is 4.39. The smallest absolute Gasteiger partial charge is 0.625 e. The van der Waals surface area contributed by atoms with Crippen LogP contribution >= 0.6 is 0 Å². The van der Waals surface area contributed by atoms with Crippen LogP contribution in [0, 0.1) is 17.8 Å². The van der Waals surface area contributed by atoms with E-state index in [0.717, 1.165) is 30.7 Å². The number of carbonyl (C=O) groups excluding carboxylic acids is 1. The first-order valence-electron chi connectivity index (χ1n) is 12.0. The van der Waals surface area contributed by atoms with E-state index in [1.54, 1.807) is 19.2 Å². The number of nitrogen functional groups attached to an aromatic ring is 1. The standard InChI is InChI=1S/C29H33N3O2.Li/c1-34-25-15-11-23(12-16-25)21-31-29(18-5-2-6-19-29)20-17-22-9-13-24(14-10-22)28(33)32-27-8-4-3-7-26(27)30;/h3-4,7-13,15-16,24,31H,2,5-6,14,18-19,21,30H2,1H3,(H,32,33);/q;+1/p-1/t24-;/m0./s1. The Morgan fingerprint density at radius 1 is 1.14 bits per heavy atom. The molecule has 1 atom stereocenters. The minimum absolute atomic E-state index is 0. The number of anilines is 1. The Morgan fingerprint density at radius 2 is 1.89 bits per heavy atom. The van der Waals surface area contributed by atoms with Gasteiger partial charge in [0.05, 0.1) is 18.6 Å². The van der Waals surface area contributed by atoms with Crippen LogP contribution < -0.4 is 34.6 Å². The third-order valence-corrected chi connectivity index (χ3v) is 6.53. The largest absolute Gasteiger partial charge is 1.00 e. The third-order valence-electron chi connectivity index (χ3n) is 6.53. The first kappa shape index (κ1) is 26.7. The molecule has 0 radical (unpaired) electrons. The molecule has 176 valence electrons. The number of nitrogens with one attached hydrogen (secondary N) is 1. The second-order valence-electron chi connectivity index (χ2n) is 8.96. The Balaban J connectivity index is 0.00000342. The molecule has 2 aromatic carbocycles. The number of nitrogens with two attached hydrogens (primary N) is 1. The number of ether oxygens (including phenoxy) is 1. The van der Waals surface area contributed by atoms with Gasteiger partial charge in [-0.2, -0.15) is 0 Å². The topological polar surface area (TPSA) is 78.5 Å². The number of methoxy groups -OCH3 is 1. The van der Waals surface area contributed by atoms with Gasteiger partial charge < -0.3 is 20.6 Å². The number of carbonyl (C=O) groups is 1. The van der Waals surface area contributed by atoms with E-state index in [1.807, 2.05) is 42.5 Å². The molecule has 0 aliphatic heterocycles. The number of hydrogen-bond acceptors (Lipinski definition) is 4. The van der Waals surface area contributed by atoms with Gasteiger partial charge in [0.15, 0.2) is 0 Å². The molecular formula is C29H32LiN3O2. The molecule has 1 saturated carbocycles. The van der Waals surface area contributed by atoms with Gasteiger partial charge in [0.2, 0.25) is 0 Å². The Bertz CT molecular complexity index is 1120. The van der Waals surface area contributed by atoms with E-state index < -0.39 is 0 Å². The molecule has 2 aliphatic carbocycles. The van der Waals surface area contributed by atoms with Gasteiger partial charge in [-0.05, 0) is 43.0 Å². The predicted octanol–water partition coefficient (Wildman–Crippen LogP) is 2.81. The summed E-state index contributed by atoms with van der Waals surface area (Å²) in [5.41, 5.74) is 8.94. The zero-order chi connectivity index (χ0) is 23.8. The molecular weight excluding hydrogens is 429 g/mol. The SMILES string of the molecule is COc1ccc(CNC2(C#CC3=CC[C@@H](C(=O)[N-]c4ccccc4N)C=C3)CCCCC2)cc1.[Li+]. The van der Waals surface area contributed by atoms with Crippen molar-refractivity contribution in [3.8, 4) is 17.6 Å². The molecule has 2 aliphatic rings. The molecule has 2 aromatic rings. The molecule has 4 rings (SSSR count). The van der Waals surface area contributed by atoms with Crippen molar-refractivity contribution < 1.29 is 28.4 Å². The number of hydrogen-bond donors (Lipinski definition) is 2. The monoisotopic (exact) mass is 461 g/mol. The molecule has 3 N–H and O–H groups in total. The summed E-state index contributed by atoms with van der Waals surface area (Å²) >= 11 is 0. The first-order chi connectivity index (χ1) is 16.6. The normalized spacial score (nSPS) is 18.3. The quantitative estimate of drug-likeness (QED) is 0.394. The fraction of sp³-hybridized carbons (Fsp3) is 0.345. The average Bonchev–Trinajstić information content (AvgIpc) is 2.89. The molecule has 35 heavy (non-hydrogen) atoms. The maximum atomic E-state index is 12.6. The predicted molar refractivity (Wildman–Crippen MR) is 138 cm³/mol. The number of amides is 1. The molecule has 0 unspecified atom stereocenters. The second-order valence-corrected chi connectivity index (χ2v) is 8.96. The van der Waals surface area contributed by atoms with Crippen molar-refractivity contribution in [2.24, 2.45) is 5.92 Å². The van der Waals surface area contributed by atoms with Crippen molar-refractivity contribution in [1.29, 1.82) is 0 Å². The van der Waals surface area contributed by atoms with Gasteiger partial charge in [-0.15, -0.1) is 5.69 Å². The van der Waals surface area contributed by atoms with Crippen molar-refractivity contribution in [2.45, 2.75) is 50.6 Å². The van der Waals surface area contributed by atoms with Gasteiger partial charge >= 0.3 is 18.9 Å². The number of nitrogens with zero attached hydrogens (tertiary/aromatic N) is 1. The summed E-state index contributed by atoms with van der Waals surface area (Å²) in [6.07, 6.45) is 12.2. The summed E-state index contributed by atoms with van der Waals surface area (Å²) in [4.78, 5) is 12.6. The number of rotatable bonds is 6. The van der Waals surface area contributed by atoms with E-state index in [-0.39, 0.29) is 36.2 Å². The first-order valence-corrected chi connectivity index (χ1v) is 12.0. The summed E-state index contributed by atoms with van der Waals surface area (Å²) in [7, 11) is 1.68. The number of para-hydroxylation sites is 2. The molecule has 6 heteroatoms. The van der Waals surface area contributed by atoms with Gasteiger partial charge in [-0.25, -0.2) is 0 Å². The summed E-state index contributed by atoms with van der Waals surface area (Å²) in [6, 6.07) is 15.3. The van der Waals surface area contributed by atoms with Gasteiger partial charge in [0.1, 0.15) is 5.75 Å². The minimum Gasteiger partial charge on any atom is -0.625 e. The van der Waals surface area contributed by atoms with Crippen LogP contribution in [0.2, 0.25) is 0 Å². The van der Waals surface area contributed by atoms with E-state index in [9.17, 15) is 4.79 Å². The third kappa shape index (κ3) is 7.29. The minimum atomic E-state index is -0.276. The van der Waals surface area contributed by atoms with Crippen molar-refractivity contribution in [3.05, 3.63) is 83.2 Å². The Hall–Kier alpha value is -2.89.